The van der Waals surface area contributed by atoms with Crippen molar-refractivity contribution in [1.82, 2.24) is 9.80 Å². The summed E-state index contributed by atoms with van der Waals surface area (Å²) in [6, 6.07) is 7.32. The Hall–Kier alpha value is -1.86. The summed E-state index contributed by atoms with van der Waals surface area (Å²) in [5, 5.41) is 0. The number of morpholine rings is 1. The van der Waals surface area contributed by atoms with Crippen LogP contribution in [0, 0.1) is 0 Å². The molecule has 7 heteroatoms. The second-order valence-corrected chi connectivity index (χ2v) is 6.10. The number of ether oxygens (including phenoxy) is 2. The van der Waals surface area contributed by atoms with Gasteiger partial charge in [0, 0.05) is 13.1 Å². The van der Waals surface area contributed by atoms with Crippen LogP contribution in [0.4, 0.5) is 0 Å². The van der Waals surface area contributed by atoms with Gasteiger partial charge in [-0.1, -0.05) is 12.1 Å². The van der Waals surface area contributed by atoms with Gasteiger partial charge < -0.3 is 14.4 Å². The maximum absolute atomic E-state index is 12.7. The summed E-state index contributed by atoms with van der Waals surface area (Å²) < 4.78 is 10.7. The van der Waals surface area contributed by atoms with E-state index in [1.165, 1.54) is 4.90 Å². The molecule has 1 aromatic carbocycles. The highest BCUT2D eigenvalue weighted by molar-refractivity contribution is 9.12. The summed E-state index contributed by atoms with van der Waals surface area (Å²) >= 11 is 3.29. The second kappa shape index (κ2) is 6.72. The largest absolute Gasteiger partial charge is 0.497 e. The van der Waals surface area contributed by atoms with Gasteiger partial charge in [0.05, 0.1) is 26.9 Å². The molecule has 0 N–H and O–H groups in total. The third kappa shape index (κ3) is 3.11. The van der Waals surface area contributed by atoms with E-state index >= 15 is 0 Å². The van der Waals surface area contributed by atoms with Crippen LogP contribution in [0.2, 0.25) is 0 Å². The lowest BCUT2D eigenvalue weighted by Gasteiger charge is -2.29. The van der Waals surface area contributed by atoms with E-state index in [1.54, 1.807) is 7.11 Å². The van der Waals surface area contributed by atoms with E-state index in [1.807, 2.05) is 29.2 Å². The van der Waals surface area contributed by atoms with Gasteiger partial charge >= 0.3 is 0 Å². The Morgan fingerprint density at radius 3 is 2.39 bits per heavy atom. The number of methoxy groups -OCH3 is 1. The smallest absolute Gasteiger partial charge is 0.278 e. The van der Waals surface area contributed by atoms with Crippen LogP contribution in [0.3, 0.4) is 0 Å². The van der Waals surface area contributed by atoms with Crippen LogP contribution in [-0.2, 0) is 20.9 Å². The average Bonchev–Trinajstić information content (AvgIpc) is 2.80. The first-order chi connectivity index (χ1) is 11.1. The molecule has 0 spiro atoms. The molecule has 1 fully saturated rings. The van der Waals surface area contributed by atoms with Crippen LogP contribution >= 0.6 is 15.9 Å². The molecule has 0 atom stereocenters. The Kier molecular flexibility index (Phi) is 4.68. The van der Waals surface area contributed by atoms with E-state index in [2.05, 4.69) is 15.9 Å². The fraction of sp³-hybridized carbons (Fsp3) is 0.375. The molecule has 1 saturated heterocycles. The van der Waals surface area contributed by atoms with Gasteiger partial charge in [0.15, 0.2) is 0 Å². The zero-order chi connectivity index (χ0) is 16.4. The van der Waals surface area contributed by atoms with Crippen LogP contribution in [0.15, 0.2) is 34.4 Å². The van der Waals surface area contributed by atoms with Crippen LogP contribution in [0.1, 0.15) is 5.56 Å². The Morgan fingerprint density at radius 2 is 1.78 bits per heavy atom. The standard InChI is InChI=1S/C16H17BrN2O4/c1-22-12-4-2-11(3-5-12)10-19-15(20)13(17)14(16(19)21)18-6-8-23-9-7-18/h2-5H,6-10H2,1H3. The molecule has 0 aliphatic carbocycles. The van der Waals surface area contributed by atoms with Crippen LogP contribution in [-0.4, -0.2) is 55.0 Å². The molecule has 2 aliphatic heterocycles. The number of hydrogen-bond acceptors (Lipinski definition) is 5. The number of carbonyl (C=O) groups excluding carboxylic acids is 2. The van der Waals surface area contributed by atoms with Crippen molar-refractivity contribution in [1.29, 1.82) is 0 Å². The predicted octanol–water partition coefficient (Wildman–Crippen LogP) is 1.50. The molecule has 0 radical (unpaired) electrons. The molecule has 122 valence electrons. The van der Waals surface area contributed by atoms with E-state index in [0.29, 0.717) is 36.5 Å². The summed E-state index contributed by atoms with van der Waals surface area (Å²) in [4.78, 5) is 28.2. The van der Waals surface area contributed by atoms with Crippen molar-refractivity contribution in [3.8, 4) is 5.75 Å². The first-order valence-corrected chi connectivity index (χ1v) is 8.12. The second-order valence-electron chi connectivity index (χ2n) is 5.31. The van der Waals surface area contributed by atoms with Crippen molar-refractivity contribution < 1.29 is 19.1 Å². The maximum Gasteiger partial charge on any atom is 0.278 e. The van der Waals surface area contributed by atoms with E-state index in [-0.39, 0.29) is 18.4 Å². The molecular weight excluding hydrogens is 364 g/mol. The van der Waals surface area contributed by atoms with E-state index in [9.17, 15) is 9.59 Å². The van der Waals surface area contributed by atoms with Crippen molar-refractivity contribution in [2.24, 2.45) is 0 Å². The molecule has 3 rings (SSSR count). The quantitative estimate of drug-likeness (QED) is 0.740. The molecule has 0 aromatic heterocycles. The molecule has 0 saturated carbocycles. The zero-order valence-corrected chi connectivity index (χ0v) is 14.3. The van der Waals surface area contributed by atoms with Gasteiger partial charge in [0.1, 0.15) is 15.9 Å². The van der Waals surface area contributed by atoms with Crippen molar-refractivity contribution in [3.63, 3.8) is 0 Å². The van der Waals surface area contributed by atoms with Gasteiger partial charge in [-0.3, -0.25) is 14.5 Å². The number of nitrogens with zero attached hydrogens (tertiary/aromatic N) is 2. The van der Waals surface area contributed by atoms with Crippen LogP contribution in [0.25, 0.3) is 0 Å². The predicted molar refractivity (Wildman–Crippen MR) is 86.9 cm³/mol. The van der Waals surface area contributed by atoms with Gasteiger partial charge in [-0.2, -0.15) is 0 Å². The molecule has 2 aliphatic rings. The normalized spacial score (nSPS) is 18.9. The fourth-order valence-electron chi connectivity index (χ4n) is 2.65. The third-order valence-electron chi connectivity index (χ3n) is 3.92. The molecule has 2 amide bonds. The number of amides is 2. The van der Waals surface area contributed by atoms with Crippen molar-refractivity contribution in [2.75, 3.05) is 33.4 Å². The molecular formula is C16H17BrN2O4. The molecule has 1 aromatic rings. The lowest BCUT2D eigenvalue weighted by atomic mass is 10.2. The number of rotatable bonds is 4. The molecule has 23 heavy (non-hydrogen) atoms. The van der Waals surface area contributed by atoms with Gasteiger partial charge in [-0.15, -0.1) is 0 Å². The Balaban J connectivity index is 1.77. The topological polar surface area (TPSA) is 59.1 Å². The Bertz CT molecular complexity index is 651. The number of halogens is 1. The maximum atomic E-state index is 12.7. The van der Waals surface area contributed by atoms with Gasteiger partial charge in [-0.05, 0) is 33.6 Å². The van der Waals surface area contributed by atoms with Gasteiger partial charge in [0.25, 0.3) is 11.8 Å². The molecule has 0 unspecified atom stereocenters. The summed E-state index contributed by atoms with van der Waals surface area (Å²) in [5.74, 6) is 0.174. The summed E-state index contributed by atoms with van der Waals surface area (Å²) in [6.07, 6.45) is 0. The fourth-order valence-corrected chi connectivity index (χ4v) is 3.29. The summed E-state index contributed by atoms with van der Waals surface area (Å²) in [5.41, 5.74) is 1.31. The minimum absolute atomic E-state index is 0.241. The number of imide groups is 1. The lowest BCUT2D eigenvalue weighted by Crippen LogP contribution is -2.40. The van der Waals surface area contributed by atoms with E-state index in [4.69, 9.17) is 9.47 Å². The van der Waals surface area contributed by atoms with E-state index < -0.39 is 0 Å². The first kappa shape index (κ1) is 16.0. The highest BCUT2D eigenvalue weighted by Gasteiger charge is 2.40. The van der Waals surface area contributed by atoms with Crippen LogP contribution < -0.4 is 4.74 Å². The van der Waals surface area contributed by atoms with Gasteiger partial charge in [-0.25, -0.2) is 0 Å². The van der Waals surface area contributed by atoms with E-state index in [0.717, 1.165) is 11.3 Å². The Morgan fingerprint density at radius 1 is 1.13 bits per heavy atom. The average molecular weight is 381 g/mol. The monoisotopic (exact) mass is 380 g/mol. The highest BCUT2D eigenvalue weighted by Crippen LogP contribution is 2.30. The molecule has 2 heterocycles. The van der Waals surface area contributed by atoms with Crippen molar-refractivity contribution >= 4 is 27.7 Å². The first-order valence-electron chi connectivity index (χ1n) is 7.33. The van der Waals surface area contributed by atoms with Crippen LogP contribution in [0.5, 0.6) is 5.75 Å². The SMILES string of the molecule is COc1ccc(CN2C(=O)C(Br)=C(N3CCOCC3)C2=O)cc1. The molecule has 6 nitrogen and oxygen atoms in total. The molecule has 0 bridgehead atoms. The number of benzene rings is 1. The van der Waals surface area contributed by atoms with Gasteiger partial charge in [0.2, 0.25) is 0 Å². The number of hydrogen-bond donors (Lipinski definition) is 0. The van der Waals surface area contributed by atoms with Crippen molar-refractivity contribution in [2.45, 2.75) is 6.54 Å². The lowest BCUT2D eigenvalue weighted by molar-refractivity contribution is -0.138. The third-order valence-corrected chi connectivity index (χ3v) is 4.63. The zero-order valence-electron chi connectivity index (χ0n) is 12.8. The minimum Gasteiger partial charge on any atom is -0.497 e. The Labute approximate surface area is 142 Å². The minimum atomic E-state index is -0.299. The van der Waals surface area contributed by atoms with Crippen molar-refractivity contribution in [3.05, 3.63) is 40.0 Å². The highest BCUT2D eigenvalue weighted by atomic mass is 79.9. The summed E-state index contributed by atoms with van der Waals surface area (Å²) in [7, 11) is 1.60. The number of carbonyl (C=O) groups is 2. The summed E-state index contributed by atoms with van der Waals surface area (Å²) in [6.45, 7) is 2.58.